The summed E-state index contributed by atoms with van der Waals surface area (Å²) in [5, 5.41) is 9.80. The largest absolute Gasteiger partial charge is 0.412 e. The van der Waals surface area contributed by atoms with Crippen molar-refractivity contribution in [2.24, 2.45) is 32.5 Å². The summed E-state index contributed by atoms with van der Waals surface area (Å²) in [5.41, 5.74) is -8.53. The van der Waals surface area contributed by atoms with E-state index < -0.39 is 215 Å². The average Bonchev–Trinajstić information content (AvgIpc) is 3.14. The van der Waals surface area contributed by atoms with Crippen LogP contribution in [-0.4, -0.2) is 200 Å². The van der Waals surface area contributed by atoms with Gasteiger partial charge in [-0.25, -0.2) is 0 Å². The summed E-state index contributed by atoms with van der Waals surface area (Å²) in [6.07, 6.45) is -28.5. The Bertz CT molecular complexity index is 1470. The van der Waals surface area contributed by atoms with Crippen LogP contribution in [0.1, 0.15) is 48.5 Å². The molecule has 0 heterocycles. The van der Waals surface area contributed by atoms with Gasteiger partial charge in [-0.2, -0.15) is 79.0 Å². The van der Waals surface area contributed by atoms with Gasteiger partial charge >= 0.3 is 37.1 Å². The summed E-state index contributed by atoms with van der Waals surface area (Å²) in [6, 6.07) is 0. The molecule has 0 rings (SSSR count). The Morgan fingerprint density at radius 2 is 0.342 bits per heavy atom. The Labute approximate surface area is 411 Å². The van der Waals surface area contributed by atoms with Crippen LogP contribution in [-0.2, 0) is 52.1 Å². The molecule has 3 N–H and O–H groups in total. The molecule has 0 saturated heterocycles. The van der Waals surface area contributed by atoms with E-state index in [1.54, 1.807) is 0 Å². The van der Waals surface area contributed by atoms with Crippen molar-refractivity contribution >= 4 is 0 Å². The number of aliphatic hydroxyl groups is 1. The summed E-state index contributed by atoms with van der Waals surface area (Å²) in [6.45, 7) is -10.4. The standard InChI is InChI=1S/C42H68F18O12.H2O/c1-31(2,10-63-25-37(43,44)45)9-62-13-33(4,21-69-27-39(49,50)51)15-65-17-35(6,23-71-29-41(55,56)57)19-67-20-36(7,24-72-30-42(58,59)60)18-66-16-34(5,22-70-28-40(52,53)54)14-64-11-32(3,8-61)12-68-26-38(46,47)48;/h61H,8-30H2,1-7H3;1H2. The molecular formula is C42H70F18O13. The molecule has 0 fully saturated rings. The fourth-order valence-corrected chi connectivity index (χ4v) is 5.93. The second-order valence-corrected chi connectivity index (χ2v) is 20.5. The zero-order chi connectivity index (χ0) is 56.0. The molecule has 0 radical (unpaired) electrons. The van der Waals surface area contributed by atoms with E-state index in [4.69, 9.17) is 42.6 Å². The lowest BCUT2D eigenvalue weighted by Crippen LogP contribution is -2.43. The molecule has 0 aromatic carbocycles. The maximum atomic E-state index is 13.1. The van der Waals surface area contributed by atoms with Crippen molar-refractivity contribution in [3.8, 4) is 0 Å². The molecule has 0 aromatic rings. The zero-order valence-electron chi connectivity index (χ0n) is 41.5. The maximum Gasteiger partial charge on any atom is 0.411 e. The topological polar surface area (TPSA) is 153 Å². The minimum atomic E-state index is -4.83. The SMILES string of the molecule is CC(C)(COCC(F)(F)F)COCC(C)(COCC(F)(F)F)COCC(C)(COCC(F)(F)F)COCC(C)(COCC(F)(F)F)COCC(C)(COCC(F)(F)F)COCC(C)(CO)COCC(F)(F)F.O. The molecule has 442 valence electrons. The van der Waals surface area contributed by atoms with Crippen LogP contribution < -0.4 is 0 Å². The molecule has 0 aromatic heterocycles. The fourth-order valence-electron chi connectivity index (χ4n) is 5.93. The zero-order valence-corrected chi connectivity index (χ0v) is 41.5. The third-order valence-corrected chi connectivity index (χ3v) is 9.27. The molecule has 31 heteroatoms. The number of halogens is 18. The van der Waals surface area contributed by atoms with Gasteiger partial charge in [0.05, 0.1) is 112 Å². The third kappa shape index (κ3) is 41.1. The first-order valence-corrected chi connectivity index (χ1v) is 21.7. The number of hydrogen-bond acceptors (Lipinski definition) is 12. The molecule has 0 amide bonds. The summed E-state index contributed by atoms with van der Waals surface area (Å²) < 4.78 is 290. The van der Waals surface area contributed by atoms with Gasteiger partial charge in [0, 0.05) is 32.5 Å². The van der Waals surface area contributed by atoms with Gasteiger partial charge in [0.1, 0.15) is 39.6 Å². The van der Waals surface area contributed by atoms with E-state index in [0.717, 1.165) is 0 Å². The molecule has 0 saturated carbocycles. The fraction of sp³-hybridized carbons (Fsp3) is 1.00. The van der Waals surface area contributed by atoms with E-state index in [1.807, 2.05) is 0 Å². The first kappa shape index (κ1) is 73.3. The minimum absolute atomic E-state index is 0. The highest BCUT2D eigenvalue weighted by Gasteiger charge is 2.39. The monoisotopic (exact) mass is 1120 g/mol. The molecule has 0 aliphatic heterocycles. The second kappa shape index (κ2) is 31.0. The lowest BCUT2D eigenvalue weighted by molar-refractivity contribution is -0.196. The number of ether oxygens (including phenoxy) is 11. The van der Waals surface area contributed by atoms with Crippen molar-refractivity contribution in [2.45, 2.75) is 85.5 Å². The Kier molecular flexibility index (Phi) is 31.1. The molecule has 0 aliphatic rings. The summed E-state index contributed by atoms with van der Waals surface area (Å²) in [5.74, 6) is 0. The van der Waals surface area contributed by atoms with E-state index in [0.29, 0.717) is 0 Å². The van der Waals surface area contributed by atoms with Crippen LogP contribution in [0.4, 0.5) is 79.0 Å². The Hall–Kier alpha value is -1.78. The molecule has 0 aliphatic carbocycles. The van der Waals surface area contributed by atoms with Crippen molar-refractivity contribution in [1.29, 1.82) is 0 Å². The highest BCUT2D eigenvalue weighted by atomic mass is 19.4. The Balaban J connectivity index is 0. The third-order valence-electron chi connectivity index (χ3n) is 9.27. The van der Waals surface area contributed by atoms with Crippen LogP contribution in [0.5, 0.6) is 0 Å². The highest BCUT2D eigenvalue weighted by molar-refractivity contribution is 4.82. The van der Waals surface area contributed by atoms with Crippen LogP contribution in [0.3, 0.4) is 0 Å². The van der Waals surface area contributed by atoms with Gasteiger partial charge in [-0.05, 0) is 0 Å². The van der Waals surface area contributed by atoms with Crippen molar-refractivity contribution < 1.29 is 142 Å². The van der Waals surface area contributed by atoms with Gasteiger partial charge in [-0.1, -0.05) is 48.5 Å². The van der Waals surface area contributed by atoms with Crippen molar-refractivity contribution in [3.63, 3.8) is 0 Å². The van der Waals surface area contributed by atoms with Crippen LogP contribution in [0, 0.1) is 32.5 Å². The predicted molar refractivity (Wildman–Crippen MR) is 220 cm³/mol. The van der Waals surface area contributed by atoms with Crippen LogP contribution in [0.2, 0.25) is 0 Å². The quantitative estimate of drug-likeness (QED) is 0.0586. The van der Waals surface area contributed by atoms with E-state index in [9.17, 15) is 84.1 Å². The number of aliphatic hydroxyl groups excluding tert-OH is 1. The van der Waals surface area contributed by atoms with Crippen molar-refractivity contribution in [1.82, 2.24) is 0 Å². The lowest BCUT2D eigenvalue weighted by atomic mass is 9.91. The minimum Gasteiger partial charge on any atom is -0.412 e. The predicted octanol–water partition coefficient (Wildman–Crippen LogP) is 8.77. The van der Waals surface area contributed by atoms with Gasteiger partial charge in [0.25, 0.3) is 0 Å². The smallest absolute Gasteiger partial charge is 0.411 e. The average molecular weight is 1120 g/mol. The van der Waals surface area contributed by atoms with E-state index >= 15 is 0 Å². The highest BCUT2D eigenvalue weighted by Crippen LogP contribution is 2.31. The van der Waals surface area contributed by atoms with E-state index in [-0.39, 0.29) is 12.1 Å². The lowest BCUT2D eigenvalue weighted by Gasteiger charge is -2.36. The molecule has 0 spiro atoms. The Morgan fingerprint density at radius 3 is 0.493 bits per heavy atom. The van der Waals surface area contributed by atoms with Crippen molar-refractivity contribution in [3.05, 3.63) is 0 Å². The van der Waals surface area contributed by atoms with Gasteiger partial charge in [0.2, 0.25) is 0 Å². The van der Waals surface area contributed by atoms with Gasteiger partial charge < -0.3 is 62.7 Å². The van der Waals surface area contributed by atoms with Gasteiger partial charge in [0.15, 0.2) is 0 Å². The maximum absolute atomic E-state index is 13.1. The molecule has 73 heavy (non-hydrogen) atoms. The van der Waals surface area contributed by atoms with E-state index in [1.165, 1.54) is 48.5 Å². The normalized spacial score (nSPS) is 17.8. The first-order chi connectivity index (χ1) is 32.3. The molecular weight excluding hydrogens is 1050 g/mol. The summed E-state index contributed by atoms with van der Waals surface area (Å²) in [7, 11) is 0. The van der Waals surface area contributed by atoms with E-state index in [2.05, 4.69) is 9.47 Å². The van der Waals surface area contributed by atoms with Crippen molar-refractivity contribution in [2.75, 3.05) is 152 Å². The summed E-state index contributed by atoms with van der Waals surface area (Å²) in [4.78, 5) is 0. The van der Waals surface area contributed by atoms with Crippen LogP contribution in [0.25, 0.3) is 0 Å². The summed E-state index contributed by atoms with van der Waals surface area (Å²) >= 11 is 0. The van der Waals surface area contributed by atoms with Gasteiger partial charge in [-0.3, -0.25) is 0 Å². The number of hydrogen-bond donors (Lipinski definition) is 1. The van der Waals surface area contributed by atoms with Crippen LogP contribution in [0.15, 0.2) is 0 Å². The molecule has 5 atom stereocenters. The molecule has 0 bridgehead atoms. The van der Waals surface area contributed by atoms with Gasteiger partial charge in [-0.15, -0.1) is 0 Å². The Morgan fingerprint density at radius 1 is 0.219 bits per heavy atom. The second-order valence-electron chi connectivity index (χ2n) is 20.5. The number of alkyl halides is 18. The van der Waals surface area contributed by atoms with Crippen LogP contribution >= 0.6 is 0 Å². The molecule has 13 nitrogen and oxygen atoms in total. The number of rotatable bonds is 39. The first-order valence-electron chi connectivity index (χ1n) is 21.7. The molecule has 5 unspecified atom stereocenters.